The van der Waals surface area contributed by atoms with E-state index in [1.165, 1.54) is 39.7 Å². The van der Waals surface area contributed by atoms with Crippen LogP contribution in [0.1, 0.15) is 5.56 Å². The summed E-state index contributed by atoms with van der Waals surface area (Å²) in [4.78, 5) is 7.26. The molecule has 4 aromatic heterocycles. The van der Waals surface area contributed by atoms with Crippen molar-refractivity contribution in [2.45, 2.75) is 6.92 Å². The Morgan fingerprint density at radius 1 is 0.490 bits per heavy atom. The summed E-state index contributed by atoms with van der Waals surface area (Å²) in [7, 11) is -3.34. The minimum atomic E-state index is -3.34. The fourth-order valence-corrected chi connectivity index (χ4v) is 18.0. The van der Waals surface area contributed by atoms with E-state index in [4.69, 9.17) is 0 Å². The van der Waals surface area contributed by atoms with E-state index in [9.17, 15) is 0 Å². The molecule has 0 spiro atoms. The molecule has 0 N–H and O–H groups in total. The second kappa shape index (κ2) is 11.1. The zero-order chi connectivity index (χ0) is 33.8. The van der Waals surface area contributed by atoms with Crippen molar-refractivity contribution in [1.82, 2.24) is 0 Å². The quantitative estimate of drug-likeness (QED) is 0.168. The van der Waals surface area contributed by atoms with Crippen LogP contribution in [0.5, 0.6) is 0 Å². The van der Waals surface area contributed by atoms with E-state index in [0.29, 0.717) is 0 Å². The zero-order valence-electron chi connectivity index (χ0n) is 27.2. The number of thiophene rings is 4. The predicted octanol–water partition coefficient (Wildman–Crippen LogP) is 13.1. The first-order chi connectivity index (χ1) is 25.1. The van der Waals surface area contributed by atoms with Gasteiger partial charge in [-0.25, -0.2) is 0 Å². The largest absolute Gasteiger partial charge is 0.307 e. The molecule has 3 nitrogen and oxygen atoms in total. The summed E-state index contributed by atoms with van der Waals surface area (Å²) in [6.45, 7) is 2.17. The van der Waals surface area contributed by atoms with E-state index in [1.807, 2.05) is 22.7 Å². The SMILES string of the molecule is Cc1cc2c3c(c1)N(c1ccccc1)c1c(sc4cc(-c5ccccc5)sc14)P3(=O)c1sc3cc(-c4ccccc4)sc3c1N2c1ccccc1. The van der Waals surface area contributed by atoms with Gasteiger partial charge in [-0.2, -0.15) is 0 Å². The molecule has 51 heavy (non-hydrogen) atoms. The van der Waals surface area contributed by atoms with Crippen LogP contribution in [0.25, 0.3) is 39.7 Å². The number of nitrogens with zero attached hydrogens (tertiary/aromatic N) is 2. The molecule has 0 atom stereocenters. The van der Waals surface area contributed by atoms with Crippen molar-refractivity contribution in [2.24, 2.45) is 0 Å². The summed E-state index contributed by atoms with van der Waals surface area (Å²) in [6.07, 6.45) is 0. The van der Waals surface area contributed by atoms with Gasteiger partial charge in [-0.1, -0.05) is 97.1 Å². The lowest BCUT2D eigenvalue weighted by Crippen LogP contribution is -2.41. The van der Waals surface area contributed by atoms with Crippen LogP contribution in [0.2, 0.25) is 0 Å². The Balaban J connectivity index is 1.26. The Hall–Kier alpha value is -4.75. The lowest BCUT2D eigenvalue weighted by atomic mass is 10.1. The van der Waals surface area contributed by atoms with Crippen molar-refractivity contribution >= 4 is 120 Å². The van der Waals surface area contributed by atoms with Gasteiger partial charge in [-0.05, 0) is 72.1 Å². The molecule has 0 saturated heterocycles. The van der Waals surface area contributed by atoms with Gasteiger partial charge in [0.1, 0.15) is 0 Å². The van der Waals surface area contributed by atoms with E-state index in [2.05, 4.69) is 162 Å². The van der Waals surface area contributed by atoms with Crippen molar-refractivity contribution in [3.63, 3.8) is 0 Å². The lowest BCUT2D eigenvalue weighted by Gasteiger charge is -2.42. The van der Waals surface area contributed by atoms with E-state index in [-0.39, 0.29) is 0 Å². The summed E-state index contributed by atoms with van der Waals surface area (Å²) in [5, 5.41) is 0.940. The Kier molecular flexibility index (Phi) is 6.53. The smallest absolute Gasteiger partial charge is 0.198 e. The van der Waals surface area contributed by atoms with Crippen LogP contribution < -0.4 is 24.3 Å². The van der Waals surface area contributed by atoms with E-state index in [0.717, 1.165) is 54.2 Å². The van der Waals surface area contributed by atoms with Gasteiger partial charge in [0.25, 0.3) is 0 Å². The third-order valence-electron chi connectivity index (χ3n) is 9.82. The fourth-order valence-electron chi connectivity index (χ4n) is 7.67. The maximum atomic E-state index is 16.8. The molecule has 11 rings (SSSR count). The van der Waals surface area contributed by atoms with E-state index >= 15 is 4.57 Å². The molecule has 0 saturated carbocycles. The monoisotopic (exact) mass is 746 g/mol. The summed E-state index contributed by atoms with van der Waals surface area (Å²) < 4.78 is 23.5. The van der Waals surface area contributed by atoms with Crippen LogP contribution in [-0.4, -0.2) is 0 Å². The zero-order valence-corrected chi connectivity index (χ0v) is 31.4. The molecule has 0 aliphatic carbocycles. The molecule has 0 amide bonds. The highest BCUT2D eigenvalue weighted by Gasteiger charge is 2.52. The molecule has 8 heteroatoms. The summed E-state index contributed by atoms with van der Waals surface area (Å²) in [6, 6.07) is 51.6. The number of benzene rings is 5. The molecule has 0 radical (unpaired) electrons. The Morgan fingerprint density at radius 2 is 0.882 bits per heavy atom. The van der Waals surface area contributed by atoms with Gasteiger partial charge < -0.3 is 14.4 Å². The van der Waals surface area contributed by atoms with Crippen molar-refractivity contribution in [3.05, 3.63) is 151 Å². The van der Waals surface area contributed by atoms with Crippen LogP contribution in [0.3, 0.4) is 0 Å². The highest BCUT2D eigenvalue weighted by atomic mass is 32.1. The fraction of sp³-hybridized carbons (Fsp3) is 0.0233. The van der Waals surface area contributed by atoms with Gasteiger partial charge in [0, 0.05) is 30.5 Å². The summed E-state index contributed by atoms with van der Waals surface area (Å²) >= 11 is 7.07. The van der Waals surface area contributed by atoms with Gasteiger partial charge in [0.2, 0.25) is 0 Å². The van der Waals surface area contributed by atoms with Crippen molar-refractivity contribution in [3.8, 4) is 20.9 Å². The third kappa shape index (κ3) is 4.24. The van der Waals surface area contributed by atoms with Crippen LogP contribution in [0.4, 0.5) is 34.1 Å². The Bertz CT molecular complexity index is 2660. The number of rotatable bonds is 4. The van der Waals surface area contributed by atoms with Crippen LogP contribution >= 0.6 is 52.5 Å². The standard InChI is InChI=1S/C43H27N2OPS4/c1-26-22-31-39-32(23-26)45(30-20-12-5-13-21-30)38-41-36(25-34(49-41)28-16-8-3-9-17-28)51-43(38)47(39,46)42-37(44(31)29-18-10-4-11-19-29)40-35(50-42)24-33(48-40)27-14-6-2-7-15-27/h2-25H,1H3. The van der Waals surface area contributed by atoms with Gasteiger partial charge in [-0.3, -0.25) is 0 Å². The molecule has 0 bridgehead atoms. The predicted molar refractivity (Wildman–Crippen MR) is 224 cm³/mol. The normalized spacial score (nSPS) is 14.1. The summed E-state index contributed by atoms with van der Waals surface area (Å²) in [5.74, 6) is 0. The molecular formula is C43H27N2OPS4. The second-order valence-electron chi connectivity index (χ2n) is 13.0. The van der Waals surface area contributed by atoms with E-state index in [1.54, 1.807) is 22.7 Å². The number of hydrogen-bond acceptors (Lipinski definition) is 7. The van der Waals surface area contributed by atoms with Gasteiger partial charge in [-0.15, -0.1) is 45.3 Å². The first kappa shape index (κ1) is 29.9. The highest BCUT2D eigenvalue weighted by Crippen LogP contribution is 2.67. The van der Waals surface area contributed by atoms with Gasteiger partial charge >= 0.3 is 0 Å². The molecule has 2 aliphatic rings. The maximum absolute atomic E-state index is 16.8. The molecule has 2 aliphatic heterocycles. The number of aryl methyl sites for hydroxylation is 1. The first-order valence-electron chi connectivity index (χ1n) is 16.8. The number of anilines is 6. The first-order valence-corrected chi connectivity index (χ1v) is 21.8. The van der Waals surface area contributed by atoms with Crippen LogP contribution in [0.15, 0.2) is 146 Å². The third-order valence-corrected chi connectivity index (χ3v) is 19.1. The summed E-state index contributed by atoms with van der Waals surface area (Å²) in [5.41, 5.74) is 9.85. The second-order valence-corrected chi connectivity index (χ2v) is 20.3. The van der Waals surface area contributed by atoms with Crippen molar-refractivity contribution in [2.75, 3.05) is 9.80 Å². The molecule has 0 fully saturated rings. The van der Waals surface area contributed by atoms with Gasteiger partial charge in [0.15, 0.2) is 7.14 Å². The topological polar surface area (TPSA) is 23.6 Å². The minimum Gasteiger partial charge on any atom is -0.307 e. The van der Waals surface area contributed by atoms with Crippen molar-refractivity contribution < 1.29 is 4.57 Å². The number of fused-ring (bicyclic) bond motifs is 8. The van der Waals surface area contributed by atoms with Gasteiger partial charge in [0.05, 0.1) is 46.7 Å². The van der Waals surface area contributed by atoms with Crippen LogP contribution in [-0.2, 0) is 4.57 Å². The average molecular weight is 747 g/mol. The minimum absolute atomic E-state index is 0.940. The Labute approximate surface area is 311 Å². The average Bonchev–Trinajstić information content (AvgIpc) is 3.94. The Morgan fingerprint density at radius 3 is 1.29 bits per heavy atom. The number of para-hydroxylation sites is 2. The molecule has 244 valence electrons. The van der Waals surface area contributed by atoms with Crippen LogP contribution in [0, 0.1) is 6.92 Å². The molecule has 0 unspecified atom stereocenters. The molecule has 6 heterocycles. The maximum Gasteiger partial charge on any atom is 0.198 e. The highest BCUT2D eigenvalue weighted by molar-refractivity contribution is 7.94. The lowest BCUT2D eigenvalue weighted by molar-refractivity contribution is 0.593. The molecule has 5 aromatic carbocycles. The van der Waals surface area contributed by atoms with E-state index < -0.39 is 7.14 Å². The molecule has 9 aromatic rings. The van der Waals surface area contributed by atoms with Crippen molar-refractivity contribution in [1.29, 1.82) is 0 Å². The molecular weight excluding hydrogens is 720 g/mol. The number of hydrogen-bond donors (Lipinski definition) is 0.